The average Bonchev–Trinajstić information content (AvgIpc) is 3.27. The lowest BCUT2D eigenvalue weighted by Gasteiger charge is -2.30. The molecule has 3 heterocycles. The number of anilines is 1. The topological polar surface area (TPSA) is 97.8 Å². The number of hydrogen-bond acceptors (Lipinski definition) is 7. The van der Waals surface area contributed by atoms with Crippen LogP contribution in [0.2, 0.25) is 0 Å². The lowest BCUT2D eigenvalue weighted by atomic mass is 9.97. The van der Waals surface area contributed by atoms with Crippen LogP contribution < -0.4 is 14.8 Å². The molecule has 1 N–H and O–H groups in total. The SMILES string of the molecule is COc1ccc(S(=O)(=O)N2CCC(C(=O)Nc3nc4c(s3)COc3ccccc3-4)CC2)cc1. The molecule has 1 fully saturated rings. The van der Waals surface area contributed by atoms with E-state index in [4.69, 9.17) is 9.47 Å². The summed E-state index contributed by atoms with van der Waals surface area (Å²) in [7, 11) is -2.07. The molecule has 2 aromatic carbocycles. The molecule has 5 rings (SSSR count). The minimum Gasteiger partial charge on any atom is -0.497 e. The molecule has 0 bridgehead atoms. The zero-order valence-electron chi connectivity index (χ0n) is 18.0. The van der Waals surface area contributed by atoms with Gasteiger partial charge < -0.3 is 14.8 Å². The van der Waals surface area contributed by atoms with Gasteiger partial charge in [0.15, 0.2) is 5.13 Å². The molecule has 3 aromatic rings. The van der Waals surface area contributed by atoms with Crippen LogP contribution >= 0.6 is 11.3 Å². The van der Waals surface area contributed by atoms with Crippen LogP contribution in [0.15, 0.2) is 53.4 Å². The summed E-state index contributed by atoms with van der Waals surface area (Å²) in [6.07, 6.45) is 0.913. The van der Waals surface area contributed by atoms with Crippen molar-refractivity contribution < 1.29 is 22.7 Å². The van der Waals surface area contributed by atoms with E-state index < -0.39 is 10.0 Å². The molecular weight excluding hydrogens is 462 g/mol. The number of hydrogen-bond donors (Lipinski definition) is 1. The molecule has 172 valence electrons. The highest BCUT2D eigenvalue weighted by molar-refractivity contribution is 7.89. The number of methoxy groups -OCH3 is 1. The summed E-state index contributed by atoms with van der Waals surface area (Å²) in [5.74, 6) is 0.996. The Kier molecular flexibility index (Phi) is 5.81. The molecule has 1 saturated heterocycles. The van der Waals surface area contributed by atoms with Crippen molar-refractivity contribution in [2.24, 2.45) is 5.92 Å². The molecule has 0 radical (unpaired) electrons. The molecule has 0 saturated carbocycles. The van der Waals surface area contributed by atoms with E-state index in [2.05, 4.69) is 10.3 Å². The van der Waals surface area contributed by atoms with E-state index in [0.29, 0.717) is 43.4 Å². The van der Waals surface area contributed by atoms with Crippen molar-refractivity contribution in [2.45, 2.75) is 24.3 Å². The zero-order chi connectivity index (χ0) is 23.0. The van der Waals surface area contributed by atoms with Gasteiger partial charge in [-0.25, -0.2) is 13.4 Å². The first-order valence-corrected chi connectivity index (χ1v) is 12.9. The number of nitrogens with one attached hydrogen (secondary N) is 1. The molecule has 0 spiro atoms. The maximum atomic E-state index is 12.9. The highest BCUT2D eigenvalue weighted by Crippen LogP contribution is 2.40. The Balaban J connectivity index is 1.22. The van der Waals surface area contributed by atoms with Gasteiger partial charge in [-0.1, -0.05) is 23.5 Å². The Bertz CT molecular complexity index is 1280. The van der Waals surface area contributed by atoms with Crippen LogP contribution in [0.1, 0.15) is 17.7 Å². The van der Waals surface area contributed by atoms with Gasteiger partial charge in [0.25, 0.3) is 0 Å². The van der Waals surface area contributed by atoms with Gasteiger partial charge >= 0.3 is 0 Å². The van der Waals surface area contributed by atoms with Crippen molar-refractivity contribution in [3.63, 3.8) is 0 Å². The van der Waals surface area contributed by atoms with Gasteiger partial charge in [0.1, 0.15) is 18.1 Å². The Morgan fingerprint density at radius 2 is 1.88 bits per heavy atom. The van der Waals surface area contributed by atoms with Gasteiger partial charge in [-0.15, -0.1) is 0 Å². The largest absolute Gasteiger partial charge is 0.497 e. The Morgan fingerprint density at radius 1 is 1.15 bits per heavy atom. The van der Waals surface area contributed by atoms with Crippen molar-refractivity contribution in [3.8, 4) is 22.8 Å². The zero-order valence-corrected chi connectivity index (χ0v) is 19.6. The number of thiazole rings is 1. The lowest BCUT2D eigenvalue weighted by molar-refractivity contribution is -0.120. The first-order chi connectivity index (χ1) is 16.0. The highest BCUT2D eigenvalue weighted by Gasteiger charge is 2.33. The normalized spacial score (nSPS) is 16.4. The van der Waals surface area contributed by atoms with Crippen molar-refractivity contribution in [1.82, 2.24) is 9.29 Å². The van der Waals surface area contributed by atoms with Crippen molar-refractivity contribution in [2.75, 3.05) is 25.5 Å². The summed E-state index contributed by atoms with van der Waals surface area (Å²) in [4.78, 5) is 18.7. The number of rotatable bonds is 5. The second-order valence-corrected chi connectivity index (χ2v) is 10.9. The maximum Gasteiger partial charge on any atom is 0.243 e. The van der Waals surface area contributed by atoms with E-state index in [9.17, 15) is 13.2 Å². The van der Waals surface area contributed by atoms with Crippen LogP contribution in [0.4, 0.5) is 5.13 Å². The van der Waals surface area contributed by atoms with Gasteiger partial charge in [-0.3, -0.25) is 4.79 Å². The number of carbonyl (C=O) groups is 1. The Hall–Kier alpha value is -2.95. The number of nitrogens with zero attached hydrogens (tertiary/aromatic N) is 2. The minimum absolute atomic E-state index is 0.128. The summed E-state index contributed by atoms with van der Waals surface area (Å²) >= 11 is 1.41. The molecular formula is C23H23N3O5S2. The van der Waals surface area contributed by atoms with Crippen LogP contribution in [-0.4, -0.2) is 43.8 Å². The fourth-order valence-electron chi connectivity index (χ4n) is 4.11. The van der Waals surface area contributed by atoms with Gasteiger partial charge in [0.05, 0.1) is 22.6 Å². The number of aromatic nitrogens is 1. The van der Waals surface area contributed by atoms with Crippen LogP contribution in [0, 0.1) is 5.92 Å². The number of fused-ring (bicyclic) bond motifs is 3. The van der Waals surface area contributed by atoms with Crippen molar-refractivity contribution in [3.05, 3.63) is 53.4 Å². The van der Waals surface area contributed by atoms with Crippen molar-refractivity contribution in [1.29, 1.82) is 0 Å². The van der Waals surface area contributed by atoms with Crippen molar-refractivity contribution >= 4 is 32.4 Å². The number of amides is 1. The fourth-order valence-corrected chi connectivity index (χ4v) is 6.47. The molecule has 2 aliphatic rings. The van der Waals surface area contributed by atoms with Crippen LogP contribution in [0.25, 0.3) is 11.3 Å². The highest BCUT2D eigenvalue weighted by atomic mass is 32.2. The predicted octanol–water partition coefficient (Wildman–Crippen LogP) is 3.75. The maximum absolute atomic E-state index is 12.9. The molecule has 0 unspecified atom stereocenters. The average molecular weight is 486 g/mol. The Labute approximate surface area is 196 Å². The molecule has 0 aliphatic carbocycles. The van der Waals surface area contributed by atoms with Gasteiger partial charge in [-0.2, -0.15) is 4.31 Å². The Morgan fingerprint density at radius 3 is 2.61 bits per heavy atom. The van der Waals surface area contributed by atoms with E-state index >= 15 is 0 Å². The number of sulfonamides is 1. The lowest BCUT2D eigenvalue weighted by Crippen LogP contribution is -2.41. The third kappa shape index (κ3) is 4.21. The van der Waals surface area contributed by atoms with E-state index in [0.717, 1.165) is 21.9 Å². The monoisotopic (exact) mass is 485 g/mol. The molecule has 33 heavy (non-hydrogen) atoms. The molecule has 1 amide bonds. The summed E-state index contributed by atoms with van der Waals surface area (Å²) < 4.78 is 38.2. The number of piperidine rings is 1. The summed E-state index contributed by atoms with van der Waals surface area (Å²) in [6, 6.07) is 14.1. The van der Waals surface area contributed by atoms with Gasteiger partial charge in [0.2, 0.25) is 15.9 Å². The van der Waals surface area contributed by atoms with Gasteiger partial charge in [-0.05, 0) is 49.2 Å². The molecule has 0 atom stereocenters. The molecule has 8 nitrogen and oxygen atoms in total. The third-order valence-electron chi connectivity index (χ3n) is 5.95. The van der Waals surface area contributed by atoms with Crippen LogP contribution in [-0.2, 0) is 21.4 Å². The van der Waals surface area contributed by atoms with Crippen LogP contribution in [0.3, 0.4) is 0 Å². The summed E-state index contributed by atoms with van der Waals surface area (Å²) in [5, 5.41) is 3.47. The number of para-hydroxylation sites is 1. The van der Waals surface area contributed by atoms with E-state index in [1.54, 1.807) is 24.3 Å². The number of benzene rings is 2. The first-order valence-electron chi connectivity index (χ1n) is 10.6. The summed E-state index contributed by atoms with van der Waals surface area (Å²) in [5.41, 5.74) is 1.77. The minimum atomic E-state index is -3.60. The van der Waals surface area contributed by atoms with E-state index in [1.165, 1.54) is 22.8 Å². The smallest absolute Gasteiger partial charge is 0.243 e. The standard InChI is InChI=1S/C23H23N3O5S2/c1-30-16-6-8-17(9-7-16)33(28,29)26-12-10-15(11-13-26)22(27)25-23-24-21-18-4-2-3-5-19(18)31-14-20(21)32-23/h2-9,15H,10-14H2,1H3,(H,24,25,27). The third-order valence-corrected chi connectivity index (χ3v) is 8.81. The second-order valence-electron chi connectivity index (χ2n) is 7.92. The fraction of sp³-hybridized carbons (Fsp3) is 0.304. The quantitative estimate of drug-likeness (QED) is 0.591. The van der Waals surface area contributed by atoms with E-state index in [-0.39, 0.29) is 16.7 Å². The molecule has 1 aromatic heterocycles. The van der Waals surface area contributed by atoms with Gasteiger partial charge in [0, 0.05) is 24.6 Å². The van der Waals surface area contributed by atoms with E-state index in [1.807, 2.05) is 24.3 Å². The summed E-state index contributed by atoms with van der Waals surface area (Å²) in [6.45, 7) is 1.02. The molecule has 2 aliphatic heterocycles. The second kappa shape index (κ2) is 8.77. The predicted molar refractivity (Wildman–Crippen MR) is 125 cm³/mol. The number of carbonyl (C=O) groups excluding carboxylic acids is 1. The number of ether oxygens (including phenoxy) is 2. The van der Waals surface area contributed by atoms with Crippen LogP contribution in [0.5, 0.6) is 11.5 Å². The first kappa shape index (κ1) is 21.9. The molecule has 10 heteroatoms.